The van der Waals surface area contributed by atoms with E-state index >= 15 is 0 Å². The van der Waals surface area contributed by atoms with Crippen LogP contribution in [0.1, 0.15) is 12.0 Å². The number of halogens is 3. The maximum atomic E-state index is 13.0. The van der Waals surface area contributed by atoms with Crippen LogP contribution in [0, 0.1) is 12.7 Å². The molecule has 2 rings (SSSR count). The number of nitrogens with one attached hydrogen (secondary N) is 2. The third-order valence-corrected chi connectivity index (χ3v) is 4.22. The summed E-state index contributed by atoms with van der Waals surface area (Å²) in [6, 6.07) is 9.99. The number of hydrogen-bond acceptors (Lipinski definition) is 2. The predicted octanol–water partition coefficient (Wildman–Crippen LogP) is 4.99. The Kier molecular flexibility index (Phi) is 5.80. The van der Waals surface area contributed by atoms with Crippen LogP contribution in [0.15, 0.2) is 40.9 Å². The van der Waals surface area contributed by atoms with E-state index in [2.05, 4.69) is 26.6 Å². The van der Waals surface area contributed by atoms with Crippen molar-refractivity contribution >= 4 is 44.8 Å². The van der Waals surface area contributed by atoms with Crippen molar-refractivity contribution in [3.05, 3.63) is 57.3 Å². The average Bonchev–Trinajstić information content (AvgIpc) is 2.47. The van der Waals surface area contributed by atoms with Gasteiger partial charge in [0.25, 0.3) is 0 Å². The Hall–Kier alpha value is -1.59. The van der Waals surface area contributed by atoms with Gasteiger partial charge in [-0.1, -0.05) is 27.5 Å². The minimum absolute atomic E-state index is 0.0554. The van der Waals surface area contributed by atoms with Gasteiger partial charge in [-0.25, -0.2) is 4.39 Å². The molecule has 2 aromatic carbocycles. The highest BCUT2D eigenvalue weighted by molar-refractivity contribution is 9.10. The van der Waals surface area contributed by atoms with E-state index in [0.29, 0.717) is 18.7 Å². The van der Waals surface area contributed by atoms with Gasteiger partial charge in [-0.2, -0.15) is 0 Å². The second-order valence-electron chi connectivity index (χ2n) is 4.82. The van der Waals surface area contributed by atoms with E-state index < -0.39 is 5.82 Å². The lowest BCUT2D eigenvalue weighted by Gasteiger charge is -2.09. The number of carbonyl (C=O) groups excluding carboxylic acids is 1. The summed E-state index contributed by atoms with van der Waals surface area (Å²) in [6.07, 6.45) is 0.296. The molecule has 0 atom stereocenters. The molecule has 0 radical (unpaired) electrons. The fourth-order valence-electron chi connectivity index (χ4n) is 1.87. The predicted molar refractivity (Wildman–Crippen MR) is 92.0 cm³/mol. The quantitative estimate of drug-likeness (QED) is 0.761. The molecular formula is C16H15BrClFN2O. The van der Waals surface area contributed by atoms with Crippen molar-refractivity contribution in [2.45, 2.75) is 13.3 Å². The van der Waals surface area contributed by atoms with E-state index in [4.69, 9.17) is 11.6 Å². The molecule has 0 aromatic heterocycles. The number of carbonyl (C=O) groups is 1. The standard InChI is InChI=1S/C16H15BrClFN2O/c1-10-8-12(2-4-13(10)17)21-16(22)6-7-20-11-3-5-15(19)14(18)9-11/h2-5,8-9,20H,6-7H2,1H3,(H,21,22). The highest BCUT2D eigenvalue weighted by Gasteiger charge is 2.05. The summed E-state index contributed by atoms with van der Waals surface area (Å²) in [5.41, 5.74) is 2.49. The molecule has 0 unspecified atom stereocenters. The third-order valence-electron chi connectivity index (χ3n) is 3.04. The summed E-state index contributed by atoms with van der Waals surface area (Å²) < 4.78 is 14.0. The highest BCUT2D eigenvalue weighted by Crippen LogP contribution is 2.21. The zero-order valence-electron chi connectivity index (χ0n) is 11.9. The number of amides is 1. The molecule has 6 heteroatoms. The van der Waals surface area contributed by atoms with Gasteiger partial charge in [0.2, 0.25) is 5.91 Å². The first-order valence-electron chi connectivity index (χ1n) is 6.70. The van der Waals surface area contributed by atoms with Gasteiger partial charge in [0, 0.05) is 28.8 Å². The molecule has 2 N–H and O–H groups in total. The fraction of sp³-hybridized carbons (Fsp3) is 0.188. The van der Waals surface area contributed by atoms with E-state index in [0.717, 1.165) is 15.7 Å². The molecule has 0 aliphatic heterocycles. The minimum Gasteiger partial charge on any atom is -0.384 e. The topological polar surface area (TPSA) is 41.1 Å². The lowest BCUT2D eigenvalue weighted by atomic mass is 10.2. The van der Waals surface area contributed by atoms with Crippen molar-refractivity contribution in [1.29, 1.82) is 0 Å². The Morgan fingerprint density at radius 2 is 1.95 bits per heavy atom. The molecule has 116 valence electrons. The Morgan fingerprint density at radius 3 is 2.64 bits per heavy atom. The van der Waals surface area contributed by atoms with Gasteiger partial charge in [0.1, 0.15) is 5.82 Å². The largest absolute Gasteiger partial charge is 0.384 e. The summed E-state index contributed by atoms with van der Waals surface area (Å²) in [5, 5.41) is 5.92. The van der Waals surface area contributed by atoms with Crippen molar-refractivity contribution in [3.8, 4) is 0 Å². The normalized spacial score (nSPS) is 10.4. The molecule has 22 heavy (non-hydrogen) atoms. The molecule has 1 amide bonds. The molecular weight excluding hydrogens is 371 g/mol. The van der Waals surface area contributed by atoms with Crippen LogP contribution in [-0.4, -0.2) is 12.5 Å². The first-order valence-corrected chi connectivity index (χ1v) is 7.88. The van der Waals surface area contributed by atoms with Gasteiger partial charge in [-0.3, -0.25) is 4.79 Å². The lowest BCUT2D eigenvalue weighted by Crippen LogP contribution is -2.16. The first-order chi connectivity index (χ1) is 10.5. The number of rotatable bonds is 5. The van der Waals surface area contributed by atoms with Gasteiger partial charge >= 0.3 is 0 Å². The van der Waals surface area contributed by atoms with Crippen molar-refractivity contribution in [3.63, 3.8) is 0 Å². The zero-order chi connectivity index (χ0) is 16.1. The van der Waals surface area contributed by atoms with Gasteiger partial charge in [-0.05, 0) is 48.9 Å². The van der Waals surface area contributed by atoms with E-state index in [1.54, 1.807) is 6.07 Å². The molecule has 0 heterocycles. The van der Waals surface area contributed by atoms with E-state index in [1.807, 2.05) is 25.1 Å². The lowest BCUT2D eigenvalue weighted by molar-refractivity contribution is -0.115. The van der Waals surface area contributed by atoms with Crippen LogP contribution in [0.5, 0.6) is 0 Å². The van der Waals surface area contributed by atoms with E-state index in [1.165, 1.54) is 12.1 Å². The van der Waals surface area contributed by atoms with Crippen LogP contribution in [0.3, 0.4) is 0 Å². The first kappa shape index (κ1) is 16.8. The van der Waals surface area contributed by atoms with E-state index in [-0.39, 0.29) is 10.9 Å². The number of hydrogen-bond donors (Lipinski definition) is 2. The summed E-state index contributed by atoms with van der Waals surface area (Å²) in [5.74, 6) is -0.557. The number of benzene rings is 2. The Balaban J connectivity index is 1.82. The molecule has 2 aromatic rings. The Morgan fingerprint density at radius 1 is 1.23 bits per heavy atom. The molecule has 0 aliphatic rings. The molecule has 0 saturated heterocycles. The highest BCUT2D eigenvalue weighted by atomic mass is 79.9. The molecule has 3 nitrogen and oxygen atoms in total. The van der Waals surface area contributed by atoms with Crippen molar-refractivity contribution in [2.24, 2.45) is 0 Å². The van der Waals surface area contributed by atoms with Crippen LogP contribution >= 0.6 is 27.5 Å². The van der Waals surface area contributed by atoms with Crippen molar-refractivity contribution in [1.82, 2.24) is 0 Å². The minimum atomic E-state index is -0.462. The summed E-state index contributed by atoms with van der Waals surface area (Å²) in [4.78, 5) is 11.9. The Labute approximate surface area is 142 Å². The zero-order valence-corrected chi connectivity index (χ0v) is 14.3. The van der Waals surface area contributed by atoms with Gasteiger partial charge in [0.15, 0.2) is 0 Å². The smallest absolute Gasteiger partial charge is 0.226 e. The number of aryl methyl sites for hydroxylation is 1. The van der Waals surface area contributed by atoms with Crippen molar-refractivity contribution < 1.29 is 9.18 Å². The van der Waals surface area contributed by atoms with Crippen molar-refractivity contribution in [2.75, 3.05) is 17.2 Å². The molecule has 0 spiro atoms. The van der Waals surface area contributed by atoms with Gasteiger partial charge in [0.05, 0.1) is 5.02 Å². The SMILES string of the molecule is Cc1cc(NC(=O)CCNc2ccc(F)c(Cl)c2)ccc1Br. The third kappa shape index (κ3) is 4.71. The fourth-order valence-corrected chi connectivity index (χ4v) is 2.30. The second-order valence-corrected chi connectivity index (χ2v) is 6.08. The monoisotopic (exact) mass is 384 g/mol. The maximum Gasteiger partial charge on any atom is 0.226 e. The van der Waals surface area contributed by atoms with E-state index in [9.17, 15) is 9.18 Å². The van der Waals surface area contributed by atoms with Crippen LogP contribution in [0.25, 0.3) is 0 Å². The van der Waals surface area contributed by atoms with Gasteiger partial charge < -0.3 is 10.6 Å². The van der Waals surface area contributed by atoms with Crippen LogP contribution in [0.2, 0.25) is 5.02 Å². The maximum absolute atomic E-state index is 13.0. The summed E-state index contributed by atoms with van der Waals surface area (Å²) in [6.45, 7) is 2.39. The summed E-state index contributed by atoms with van der Waals surface area (Å²) >= 11 is 9.11. The molecule has 0 fully saturated rings. The van der Waals surface area contributed by atoms with Gasteiger partial charge in [-0.15, -0.1) is 0 Å². The Bertz CT molecular complexity index is 694. The molecule has 0 saturated carbocycles. The number of anilines is 2. The second kappa shape index (κ2) is 7.61. The molecule has 0 aliphatic carbocycles. The molecule has 0 bridgehead atoms. The van der Waals surface area contributed by atoms with Crippen LogP contribution in [-0.2, 0) is 4.79 Å². The summed E-state index contributed by atoms with van der Waals surface area (Å²) in [7, 11) is 0. The van der Waals surface area contributed by atoms with Crippen LogP contribution < -0.4 is 10.6 Å². The average molecular weight is 386 g/mol. The van der Waals surface area contributed by atoms with Crippen LogP contribution in [0.4, 0.5) is 15.8 Å².